The van der Waals surface area contributed by atoms with E-state index in [2.05, 4.69) is 0 Å². The van der Waals surface area contributed by atoms with Crippen molar-refractivity contribution in [2.75, 3.05) is 6.61 Å². The molecule has 11 unspecified atom stereocenters. The van der Waals surface area contributed by atoms with Crippen LogP contribution in [0.2, 0.25) is 0 Å². The van der Waals surface area contributed by atoms with Gasteiger partial charge in [0, 0.05) is 6.42 Å². The van der Waals surface area contributed by atoms with Crippen LogP contribution in [0.5, 0.6) is 0 Å². The van der Waals surface area contributed by atoms with Gasteiger partial charge in [-0.3, -0.25) is 4.79 Å². The van der Waals surface area contributed by atoms with Crippen LogP contribution in [0, 0.1) is 0 Å². The zero-order valence-electron chi connectivity index (χ0n) is 19.7. The molecule has 12 nitrogen and oxygen atoms in total. The van der Waals surface area contributed by atoms with E-state index >= 15 is 0 Å². The minimum atomic E-state index is -1.69. The molecule has 0 aromatic rings. The number of hydrogen-bond acceptors (Lipinski definition) is 11. The molecule has 34 heavy (non-hydrogen) atoms. The summed E-state index contributed by atoms with van der Waals surface area (Å²) in [5.74, 6) is -0.817. The molecule has 2 rings (SSSR count). The Balaban J connectivity index is 2.00. The fourth-order valence-corrected chi connectivity index (χ4v) is 4.19. The lowest BCUT2D eigenvalue weighted by molar-refractivity contribution is -0.369. The Hall–Kier alpha value is -0.930. The first-order valence-electron chi connectivity index (χ1n) is 11.9. The minimum absolute atomic E-state index is 0.136. The van der Waals surface area contributed by atoms with Gasteiger partial charge < -0.3 is 54.7 Å². The van der Waals surface area contributed by atoms with Gasteiger partial charge in [-0.15, -0.1) is 0 Å². The van der Waals surface area contributed by atoms with E-state index in [-0.39, 0.29) is 12.5 Å². The second-order valence-corrected chi connectivity index (χ2v) is 9.02. The van der Waals surface area contributed by atoms with Crippen molar-refractivity contribution in [3.05, 3.63) is 0 Å². The van der Waals surface area contributed by atoms with Crippen LogP contribution >= 0.6 is 0 Å². The maximum Gasteiger partial charge on any atom is 0.303 e. The highest BCUT2D eigenvalue weighted by atomic mass is 16.8. The Kier molecular flexibility index (Phi) is 12.0. The largest absolute Gasteiger partial charge is 0.481 e. The molecule has 2 aliphatic rings. The van der Waals surface area contributed by atoms with Crippen LogP contribution in [0.25, 0.3) is 0 Å². The number of carbonyl (C=O) groups is 1. The molecular formula is C22H40O12. The smallest absolute Gasteiger partial charge is 0.303 e. The summed E-state index contributed by atoms with van der Waals surface area (Å²) in [7, 11) is 0. The lowest BCUT2D eigenvalue weighted by atomic mass is 9.96. The van der Waals surface area contributed by atoms with Gasteiger partial charge in [0.1, 0.15) is 42.7 Å². The van der Waals surface area contributed by atoms with Crippen molar-refractivity contribution in [3.8, 4) is 0 Å². The molecule has 7 N–H and O–H groups in total. The Labute approximate surface area is 199 Å². The molecule has 0 spiro atoms. The summed E-state index contributed by atoms with van der Waals surface area (Å²) in [4.78, 5) is 10.6. The summed E-state index contributed by atoms with van der Waals surface area (Å²) in [6.07, 6.45) is -9.71. The van der Waals surface area contributed by atoms with Crippen molar-refractivity contribution in [2.24, 2.45) is 0 Å². The van der Waals surface area contributed by atoms with Crippen LogP contribution in [-0.2, 0) is 23.7 Å². The summed E-state index contributed by atoms with van der Waals surface area (Å²) in [6.45, 7) is 2.94. The molecular weight excluding hydrogens is 456 g/mol. The second-order valence-electron chi connectivity index (χ2n) is 9.02. The third-order valence-electron chi connectivity index (χ3n) is 6.30. The van der Waals surface area contributed by atoms with Crippen molar-refractivity contribution >= 4 is 5.97 Å². The van der Waals surface area contributed by atoms with Crippen LogP contribution < -0.4 is 0 Å². The van der Waals surface area contributed by atoms with Crippen molar-refractivity contribution in [1.82, 2.24) is 0 Å². The Morgan fingerprint density at radius 3 is 2.09 bits per heavy atom. The highest BCUT2D eigenvalue weighted by molar-refractivity contribution is 5.66. The van der Waals surface area contributed by atoms with Crippen LogP contribution in [0.15, 0.2) is 0 Å². The molecule has 12 heteroatoms. The summed E-state index contributed by atoms with van der Waals surface area (Å²) in [5, 5.41) is 69.5. The van der Waals surface area contributed by atoms with Crippen LogP contribution in [-0.4, -0.2) is 116 Å². The standard InChI is InChI=1S/C22H40O12/c1-3-12-15(26)18(29)20(34-21-19(30)17(28)16(27)13(10-23)33-21)22(32-12)31-11(2)8-6-4-5-7-9-14(24)25/h11-13,15-23,26-30H,3-10H2,1-2H3,(H,24,25). The molecule has 200 valence electrons. The summed E-state index contributed by atoms with van der Waals surface area (Å²) in [5.41, 5.74) is 0. The first-order valence-corrected chi connectivity index (χ1v) is 11.9. The zero-order chi connectivity index (χ0) is 25.4. The molecule has 0 aliphatic carbocycles. The maximum absolute atomic E-state index is 10.7. The maximum atomic E-state index is 10.7. The van der Waals surface area contributed by atoms with E-state index in [9.17, 15) is 35.4 Å². The van der Waals surface area contributed by atoms with E-state index in [1.54, 1.807) is 6.92 Å². The number of unbranched alkanes of at least 4 members (excludes halogenated alkanes) is 3. The number of carboxylic acids is 1. The van der Waals surface area contributed by atoms with E-state index in [1.807, 2.05) is 6.92 Å². The molecule has 0 radical (unpaired) electrons. The fourth-order valence-electron chi connectivity index (χ4n) is 4.19. The highest BCUT2D eigenvalue weighted by Gasteiger charge is 2.50. The molecule has 2 saturated heterocycles. The first kappa shape index (κ1) is 29.3. The number of aliphatic hydroxyl groups is 6. The lowest BCUT2D eigenvalue weighted by Gasteiger charge is -2.46. The van der Waals surface area contributed by atoms with Gasteiger partial charge >= 0.3 is 5.97 Å². The summed E-state index contributed by atoms with van der Waals surface area (Å²) in [6, 6.07) is 0. The summed E-state index contributed by atoms with van der Waals surface area (Å²) < 4.78 is 22.9. The quantitative estimate of drug-likeness (QED) is 0.152. The molecule has 2 heterocycles. The van der Waals surface area contributed by atoms with Gasteiger partial charge in [0.05, 0.1) is 18.8 Å². The average Bonchev–Trinajstić information content (AvgIpc) is 2.80. The third-order valence-corrected chi connectivity index (χ3v) is 6.30. The van der Waals surface area contributed by atoms with E-state index in [1.165, 1.54) is 0 Å². The van der Waals surface area contributed by atoms with Crippen molar-refractivity contribution in [3.63, 3.8) is 0 Å². The SMILES string of the molecule is CCC1OC(OC(C)CCCCCCC(=O)O)C(OC2OC(CO)C(O)C(O)C2O)C(O)C1O. The third kappa shape index (κ3) is 7.79. The molecule has 0 saturated carbocycles. The van der Waals surface area contributed by atoms with Crippen LogP contribution in [0.4, 0.5) is 0 Å². The van der Waals surface area contributed by atoms with Crippen molar-refractivity contribution in [2.45, 2.75) is 126 Å². The van der Waals surface area contributed by atoms with Gasteiger partial charge in [-0.25, -0.2) is 0 Å². The Morgan fingerprint density at radius 2 is 1.47 bits per heavy atom. The zero-order valence-corrected chi connectivity index (χ0v) is 19.7. The predicted octanol–water partition coefficient (Wildman–Crippen LogP) is -1.14. The Bertz CT molecular complexity index is 604. The van der Waals surface area contributed by atoms with E-state index < -0.39 is 74.0 Å². The number of hydrogen-bond donors (Lipinski definition) is 7. The van der Waals surface area contributed by atoms with Gasteiger partial charge in [0.2, 0.25) is 0 Å². The topological polar surface area (TPSA) is 196 Å². The van der Waals surface area contributed by atoms with Crippen LogP contribution in [0.3, 0.4) is 0 Å². The number of aliphatic carboxylic acids is 1. The number of rotatable bonds is 13. The summed E-state index contributed by atoms with van der Waals surface area (Å²) >= 11 is 0. The molecule has 0 amide bonds. The van der Waals surface area contributed by atoms with Gasteiger partial charge in [-0.1, -0.05) is 26.2 Å². The monoisotopic (exact) mass is 496 g/mol. The van der Waals surface area contributed by atoms with Crippen molar-refractivity contribution in [1.29, 1.82) is 0 Å². The molecule has 2 fully saturated rings. The molecule has 2 aliphatic heterocycles. The number of carboxylic acid groups (broad SMARTS) is 1. The molecule has 0 aromatic heterocycles. The second kappa shape index (κ2) is 14.0. The number of aliphatic hydroxyl groups excluding tert-OH is 6. The lowest BCUT2D eigenvalue weighted by Crippen LogP contribution is -2.64. The molecule has 0 aromatic carbocycles. The molecule has 0 bridgehead atoms. The van der Waals surface area contributed by atoms with Crippen molar-refractivity contribution < 1.29 is 59.5 Å². The van der Waals surface area contributed by atoms with E-state index in [0.717, 1.165) is 19.3 Å². The molecule has 11 atom stereocenters. The normalized spacial score (nSPS) is 39.6. The van der Waals surface area contributed by atoms with E-state index in [4.69, 9.17) is 24.1 Å². The highest BCUT2D eigenvalue weighted by Crippen LogP contribution is 2.31. The van der Waals surface area contributed by atoms with Crippen LogP contribution in [0.1, 0.15) is 58.8 Å². The minimum Gasteiger partial charge on any atom is -0.481 e. The van der Waals surface area contributed by atoms with Gasteiger partial charge in [0.25, 0.3) is 0 Å². The first-order chi connectivity index (χ1) is 16.1. The van der Waals surface area contributed by atoms with Gasteiger partial charge in [-0.05, 0) is 26.2 Å². The number of ether oxygens (including phenoxy) is 4. The average molecular weight is 497 g/mol. The Morgan fingerprint density at radius 1 is 0.853 bits per heavy atom. The van der Waals surface area contributed by atoms with E-state index in [0.29, 0.717) is 19.3 Å². The van der Waals surface area contributed by atoms with Gasteiger partial charge in [0.15, 0.2) is 12.6 Å². The predicted molar refractivity (Wildman–Crippen MR) is 115 cm³/mol. The van der Waals surface area contributed by atoms with Gasteiger partial charge in [-0.2, -0.15) is 0 Å². The fraction of sp³-hybridized carbons (Fsp3) is 0.955.